The lowest BCUT2D eigenvalue weighted by Crippen LogP contribution is -2.50. The molecule has 1 amide bonds. The predicted molar refractivity (Wildman–Crippen MR) is 60.1 cm³/mol. The lowest BCUT2D eigenvalue weighted by Gasteiger charge is -2.38. The number of carbonyl (C=O) groups excluding carboxylic acids is 1. The van der Waals surface area contributed by atoms with Crippen molar-refractivity contribution in [2.24, 2.45) is 0 Å². The predicted octanol–water partition coefficient (Wildman–Crippen LogP) is 1.47. The topological polar surface area (TPSA) is 42.4 Å². The molecule has 1 aliphatic heterocycles. The summed E-state index contributed by atoms with van der Waals surface area (Å²) in [4.78, 5) is 17.4. The fraction of sp³-hybridized carbons (Fsp3) is 0.500. The molecule has 1 aromatic heterocycles. The highest BCUT2D eigenvalue weighted by atomic mass is 19.1. The normalized spacial score (nSPS) is 19.1. The summed E-state index contributed by atoms with van der Waals surface area (Å²) < 4.78 is 19.0. The van der Waals surface area contributed by atoms with Gasteiger partial charge in [-0.05, 0) is 19.9 Å². The van der Waals surface area contributed by atoms with Crippen molar-refractivity contribution < 1.29 is 13.9 Å². The van der Waals surface area contributed by atoms with Gasteiger partial charge >= 0.3 is 0 Å². The Kier molecular flexibility index (Phi) is 3.11. The minimum absolute atomic E-state index is 0.0673. The van der Waals surface area contributed by atoms with Crippen molar-refractivity contribution in [1.82, 2.24) is 9.88 Å². The van der Waals surface area contributed by atoms with Gasteiger partial charge in [-0.25, -0.2) is 4.39 Å². The van der Waals surface area contributed by atoms with E-state index in [2.05, 4.69) is 4.98 Å². The zero-order valence-corrected chi connectivity index (χ0v) is 9.94. The van der Waals surface area contributed by atoms with Gasteiger partial charge in [0.2, 0.25) is 0 Å². The summed E-state index contributed by atoms with van der Waals surface area (Å²) >= 11 is 0. The van der Waals surface area contributed by atoms with Gasteiger partial charge in [0.15, 0.2) is 5.82 Å². The van der Waals surface area contributed by atoms with Crippen LogP contribution in [-0.4, -0.2) is 41.1 Å². The van der Waals surface area contributed by atoms with Crippen LogP contribution in [0.4, 0.5) is 4.39 Å². The number of amides is 1. The van der Waals surface area contributed by atoms with E-state index in [9.17, 15) is 9.18 Å². The molecule has 0 N–H and O–H groups in total. The second-order valence-electron chi connectivity index (χ2n) is 4.69. The third kappa shape index (κ3) is 2.61. The highest BCUT2D eigenvalue weighted by molar-refractivity contribution is 5.94. The largest absolute Gasteiger partial charge is 0.372 e. The number of aromatic nitrogens is 1. The molecule has 92 valence electrons. The maximum absolute atomic E-state index is 13.4. The van der Waals surface area contributed by atoms with E-state index >= 15 is 0 Å². The maximum Gasteiger partial charge on any atom is 0.257 e. The highest BCUT2D eigenvalue weighted by Crippen LogP contribution is 2.19. The molecule has 0 bridgehead atoms. The van der Waals surface area contributed by atoms with Crippen molar-refractivity contribution in [2.45, 2.75) is 19.4 Å². The lowest BCUT2D eigenvalue weighted by molar-refractivity contribution is -0.0764. The van der Waals surface area contributed by atoms with Crippen molar-refractivity contribution in [3.63, 3.8) is 0 Å². The van der Waals surface area contributed by atoms with E-state index in [1.165, 1.54) is 12.3 Å². The van der Waals surface area contributed by atoms with Crippen LogP contribution in [0.25, 0.3) is 0 Å². The van der Waals surface area contributed by atoms with E-state index in [0.717, 1.165) is 6.20 Å². The van der Waals surface area contributed by atoms with E-state index < -0.39 is 5.82 Å². The number of hydrogen-bond acceptors (Lipinski definition) is 3. The van der Waals surface area contributed by atoms with Gasteiger partial charge in [0.05, 0.1) is 24.0 Å². The van der Waals surface area contributed by atoms with Gasteiger partial charge in [-0.1, -0.05) is 0 Å². The lowest BCUT2D eigenvalue weighted by atomic mass is 10.1. The monoisotopic (exact) mass is 238 g/mol. The van der Waals surface area contributed by atoms with Crippen LogP contribution in [0.5, 0.6) is 0 Å². The summed E-state index contributed by atoms with van der Waals surface area (Å²) in [5.41, 5.74) is -0.310. The van der Waals surface area contributed by atoms with E-state index in [0.29, 0.717) is 19.7 Å². The first-order valence-electron chi connectivity index (χ1n) is 5.52. The number of carbonyl (C=O) groups is 1. The van der Waals surface area contributed by atoms with Crippen LogP contribution in [0.2, 0.25) is 0 Å². The molecule has 1 aliphatic rings. The molecule has 4 nitrogen and oxygen atoms in total. The third-order valence-electron chi connectivity index (χ3n) is 2.72. The van der Waals surface area contributed by atoms with Crippen LogP contribution in [0.15, 0.2) is 18.5 Å². The van der Waals surface area contributed by atoms with Gasteiger partial charge < -0.3 is 9.64 Å². The van der Waals surface area contributed by atoms with Crippen molar-refractivity contribution in [1.29, 1.82) is 0 Å². The minimum Gasteiger partial charge on any atom is -0.372 e. The van der Waals surface area contributed by atoms with E-state index in [1.807, 2.05) is 13.8 Å². The summed E-state index contributed by atoms with van der Waals surface area (Å²) in [6, 6.07) is 1.40. The van der Waals surface area contributed by atoms with Crippen LogP contribution >= 0.6 is 0 Å². The van der Waals surface area contributed by atoms with Crippen LogP contribution < -0.4 is 0 Å². The first-order valence-corrected chi connectivity index (χ1v) is 5.52. The molecule has 0 radical (unpaired) electrons. The number of pyridine rings is 1. The molecule has 1 saturated heterocycles. The Morgan fingerprint density at radius 3 is 3.00 bits per heavy atom. The molecule has 5 heteroatoms. The number of hydrogen-bond donors (Lipinski definition) is 0. The van der Waals surface area contributed by atoms with Gasteiger partial charge in [-0.2, -0.15) is 0 Å². The van der Waals surface area contributed by atoms with Crippen molar-refractivity contribution in [3.8, 4) is 0 Å². The van der Waals surface area contributed by atoms with Crippen LogP contribution in [0, 0.1) is 5.82 Å². The molecule has 17 heavy (non-hydrogen) atoms. The number of ether oxygens (including phenoxy) is 1. The van der Waals surface area contributed by atoms with Crippen LogP contribution in [0.1, 0.15) is 24.2 Å². The average Bonchev–Trinajstić information content (AvgIpc) is 2.27. The van der Waals surface area contributed by atoms with Crippen molar-refractivity contribution in [2.75, 3.05) is 19.7 Å². The Bertz CT molecular complexity index is 434. The number of morpholine rings is 1. The SMILES string of the molecule is CC1(C)CN(C(=O)c2ccncc2F)CCO1. The first-order chi connectivity index (χ1) is 7.99. The molecular formula is C12H15FN2O2. The molecular weight excluding hydrogens is 223 g/mol. The Morgan fingerprint density at radius 1 is 1.59 bits per heavy atom. The number of halogens is 1. The van der Waals surface area contributed by atoms with Gasteiger partial charge in [0.1, 0.15) is 0 Å². The number of nitrogens with zero attached hydrogens (tertiary/aromatic N) is 2. The Balaban J connectivity index is 2.18. The zero-order valence-electron chi connectivity index (χ0n) is 9.94. The average molecular weight is 238 g/mol. The Hall–Kier alpha value is -1.49. The minimum atomic E-state index is -0.582. The summed E-state index contributed by atoms with van der Waals surface area (Å²) in [7, 11) is 0. The van der Waals surface area contributed by atoms with E-state index in [4.69, 9.17) is 4.74 Å². The summed E-state index contributed by atoms with van der Waals surface area (Å²) in [6.45, 7) is 5.26. The molecule has 0 unspecified atom stereocenters. The molecule has 0 spiro atoms. The molecule has 0 saturated carbocycles. The maximum atomic E-state index is 13.4. The Morgan fingerprint density at radius 2 is 2.35 bits per heavy atom. The van der Waals surface area contributed by atoms with Gasteiger partial charge in [-0.15, -0.1) is 0 Å². The molecule has 0 aromatic carbocycles. The third-order valence-corrected chi connectivity index (χ3v) is 2.72. The number of rotatable bonds is 1. The fourth-order valence-corrected chi connectivity index (χ4v) is 1.91. The van der Waals surface area contributed by atoms with E-state index in [1.54, 1.807) is 4.90 Å². The summed E-state index contributed by atoms with van der Waals surface area (Å²) in [6.07, 6.45) is 2.47. The fourth-order valence-electron chi connectivity index (χ4n) is 1.91. The molecule has 2 rings (SSSR count). The van der Waals surface area contributed by atoms with E-state index in [-0.39, 0.29) is 17.1 Å². The van der Waals surface area contributed by atoms with Gasteiger partial charge in [0, 0.05) is 19.3 Å². The highest BCUT2D eigenvalue weighted by Gasteiger charge is 2.31. The summed E-state index contributed by atoms with van der Waals surface area (Å²) in [5.74, 6) is -0.886. The summed E-state index contributed by atoms with van der Waals surface area (Å²) in [5, 5.41) is 0. The van der Waals surface area contributed by atoms with Crippen LogP contribution in [-0.2, 0) is 4.74 Å². The quantitative estimate of drug-likeness (QED) is 0.744. The second kappa shape index (κ2) is 4.41. The smallest absolute Gasteiger partial charge is 0.257 e. The zero-order chi connectivity index (χ0) is 12.5. The molecule has 1 fully saturated rings. The van der Waals surface area contributed by atoms with Gasteiger partial charge in [-0.3, -0.25) is 9.78 Å². The van der Waals surface area contributed by atoms with Crippen LogP contribution in [0.3, 0.4) is 0 Å². The van der Waals surface area contributed by atoms with Crippen molar-refractivity contribution in [3.05, 3.63) is 29.8 Å². The molecule has 1 aromatic rings. The van der Waals surface area contributed by atoms with Gasteiger partial charge in [0.25, 0.3) is 5.91 Å². The Labute approximate surface area is 99.4 Å². The molecule has 2 heterocycles. The first kappa shape index (κ1) is 12.0. The molecule has 0 aliphatic carbocycles. The van der Waals surface area contributed by atoms with Crippen molar-refractivity contribution >= 4 is 5.91 Å². The second-order valence-corrected chi connectivity index (χ2v) is 4.69. The standard InChI is InChI=1S/C12H15FN2O2/c1-12(2)8-15(5-6-17-12)11(16)9-3-4-14-7-10(9)13/h3-4,7H,5-6,8H2,1-2H3. The molecule has 0 atom stereocenters.